The van der Waals surface area contributed by atoms with Crippen LogP contribution < -0.4 is 0 Å². The van der Waals surface area contributed by atoms with Crippen LogP contribution in [0.2, 0.25) is 0 Å². The Balaban J connectivity index is 0. The first kappa shape index (κ1) is 16.0. The monoisotopic (exact) mass is 214 g/mol. The van der Waals surface area contributed by atoms with E-state index in [9.17, 15) is 9.59 Å². The fraction of sp³-hybridized carbons (Fsp3) is 0.750. The van der Waals surface area contributed by atoms with Crippen LogP contribution >= 0.6 is 0 Å². The predicted octanol–water partition coefficient (Wildman–Crippen LogP) is 0.559. The van der Waals surface area contributed by atoms with Crippen LogP contribution in [0.5, 0.6) is 0 Å². The van der Waals surface area contributed by atoms with Crippen molar-refractivity contribution >= 4 is 63.3 Å². The van der Waals surface area contributed by atoms with Gasteiger partial charge in [-0.2, -0.15) is 0 Å². The number of carboxylic acids is 2. The van der Waals surface area contributed by atoms with Crippen LogP contribution in [0.1, 0.15) is 27.2 Å². The molecule has 0 aliphatic rings. The van der Waals surface area contributed by atoms with Gasteiger partial charge in [0, 0.05) is 0 Å². The van der Waals surface area contributed by atoms with Crippen molar-refractivity contribution in [3.05, 3.63) is 0 Å². The van der Waals surface area contributed by atoms with Crippen molar-refractivity contribution in [2.24, 2.45) is 11.3 Å². The molecule has 72 valence electrons. The minimum atomic E-state index is -1.63. The maximum absolute atomic E-state index is 10.8. The molecule has 0 saturated heterocycles. The first-order valence-electron chi connectivity index (χ1n) is 3.86. The van der Waals surface area contributed by atoms with Crippen LogP contribution in [0, 0.1) is 11.3 Å². The van der Waals surface area contributed by atoms with Gasteiger partial charge < -0.3 is 10.2 Å². The molecule has 0 rings (SSSR count). The summed E-state index contributed by atoms with van der Waals surface area (Å²) in [5.74, 6) is -2.92. The standard InChI is InChI=1S/C8H14O4.K.H/c1-4-8(5(2)3,6(9)10)7(11)12;;/h5H,4H2,1-3H3,(H,9,10)(H,11,12);;. The van der Waals surface area contributed by atoms with E-state index in [1.807, 2.05) is 0 Å². The van der Waals surface area contributed by atoms with Gasteiger partial charge in [-0.05, 0) is 12.3 Å². The Morgan fingerprint density at radius 1 is 1.23 bits per heavy atom. The topological polar surface area (TPSA) is 74.6 Å². The number of hydrogen-bond donors (Lipinski definition) is 2. The molecule has 2 N–H and O–H groups in total. The Bertz CT molecular complexity index is 186. The second-order valence-electron chi connectivity index (χ2n) is 3.09. The van der Waals surface area contributed by atoms with E-state index in [0.29, 0.717) is 0 Å². The van der Waals surface area contributed by atoms with E-state index in [1.54, 1.807) is 20.8 Å². The minimum absolute atomic E-state index is 0. The Kier molecular flexibility index (Phi) is 7.56. The molecule has 0 fully saturated rings. The second kappa shape index (κ2) is 6.13. The van der Waals surface area contributed by atoms with Crippen LogP contribution in [0.4, 0.5) is 0 Å². The summed E-state index contributed by atoms with van der Waals surface area (Å²) in [7, 11) is 0. The zero-order chi connectivity index (χ0) is 9.94. The van der Waals surface area contributed by atoms with Gasteiger partial charge in [0.2, 0.25) is 0 Å². The molecular formula is C8H15KO4. The van der Waals surface area contributed by atoms with E-state index in [-0.39, 0.29) is 57.8 Å². The summed E-state index contributed by atoms with van der Waals surface area (Å²) in [4.78, 5) is 21.5. The van der Waals surface area contributed by atoms with Gasteiger partial charge in [0.15, 0.2) is 5.41 Å². The molecule has 13 heavy (non-hydrogen) atoms. The normalized spacial score (nSPS) is 10.8. The number of aliphatic carboxylic acids is 2. The van der Waals surface area contributed by atoms with Gasteiger partial charge in [-0.15, -0.1) is 0 Å². The first-order valence-corrected chi connectivity index (χ1v) is 3.86. The molecule has 0 aliphatic heterocycles. The molecule has 0 saturated carbocycles. The zero-order valence-electron chi connectivity index (χ0n) is 7.50. The number of carboxylic acid groups (broad SMARTS) is 2. The summed E-state index contributed by atoms with van der Waals surface area (Å²) in [5, 5.41) is 17.6. The number of rotatable bonds is 4. The van der Waals surface area contributed by atoms with Crippen LogP contribution in [-0.2, 0) is 9.59 Å². The van der Waals surface area contributed by atoms with Crippen molar-refractivity contribution in [3.63, 3.8) is 0 Å². The van der Waals surface area contributed by atoms with Crippen molar-refractivity contribution in [2.45, 2.75) is 27.2 Å². The van der Waals surface area contributed by atoms with E-state index < -0.39 is 23.3 Å². The van der Waals surface area contributed by atoms with Crippen molar-refractivity contribution in [3.8, 4) is 0 Å². The van der Waals surface area contributed by atoms with Crippen LogP contribution in [0.25, 0.3) is 0 Å². The molecule has 0 aromatic carbocycles. The van der Waals surface area contributed by atoms with E-state index in [1.165, 1.54) is 0 Å². The quantitative estimate of drug-likeness (QED) is 0.529. The molecule has 5 heteroatoms. The van der Waals surface area contributed by atoms with Gasteiger partial charge in [-0.3, -0.25) is 9.59 Å². The van der Waals surface area contributed by atoms with Crippen molar-refractivity contribution < 1.29 is 19.8 Å². The van der Waals surface area contributed by atoms with Gasteiger partial charge in [0.25, 0.3) is 0 Å². The van der Waals surface area contributed by atoms with E-state index in [0.717, 1.165) is 0 Å². The molecule has 4 nitrogen and oxygen atoms in total. The van der Waals surface area contributed by atoms with Gasteiger partial charge in [0.1, 0.15) is 0 Å². The molecule has 0 atom stereocenters. The third-order valence-corrected chi connectivity index (χ3v) is 2.31. The van der Waals surface area contributed by atoms with Gasteiger partial charge in [-0.25, -0.2) is 0 Å². The molecule has 0 radical (unpaired) electrons. The molecule has 0 heterocycles. The predicted molar refractivity (Wildman–Crippen MR) is 50.0 cm³/mol. The molecule has 0 aliphatic carbocycles. The fourth-order valence-corrected chi connectivity index (χ4v) is 1.30. The summed E-state index contributed by atoms with van der Waals surface area (Å²) in [6.07, 6.45) is 0.106. The third kappa shape index (κ3) is 3.02. The Hall–Kier alpha value is 0.576. The van der Waals surface area contributed by atoms with E-state index in [4.69, 9.17) is 10.2 Å². The average Bonchev–Trinajstić information content (AvgIpc) is 1.86. The molecule has 0 aromatic heterocycles. The van der Waals surface area contributed by atoms with Gasteiger partial charge in [-0.1, -0.05) is 20.8 Å². The molecule has 0 spiro atoms. The van der Waals surface area contributed by atoms with Crippen molar-refractivity contribution in [2.75, 3.05) is 0 Å². The molecule has 0 bridgehead atoms. The molecule has 0 aromatic rings. The number of carbonyl (C=O) groups is 2. The summed E-state index contributed by atoms with van der Waals surface area (Å²) in [6.45, 7) is 4.78. The second-order valence-corrected chi connectivity index (χ2v) is 3.09. The molecular weight excluding hydrogens is 199 g/mol. The zero-order valence-corrected chi connectivity index (χ0v) is 7.50. The summed E-state index contributed by atoms with van der Waals surface area (Å²) in [6, 6.07) is 0. The van der Waals surface area contributed by atoms with E-state index in [2.05, 4.69) is 0 Å². The van der Waals surface area contributed by atoms with E-state index >= 15 is 0 Å². The summed E-state index contributed by atoms with van der Waals surface area (Å²) in [5.41, 5.74) is -1.63. The third-order valence-electron chi connectivity index (χ3n) is 2.31. The summed E-state index contributed by atoms with van der Waals surface area (Å²) < 4.78 is 0. The SMILES string of the molecule is CCC(C(=O)O)(C(=O)O)C(C)C.[KH]. The maximum atomic E-state index is 10.8. The van der Waals surface area contributed by atoms with Gasteiger partial charge >= 0.3 is 63.3 Å². The Labute approximate surface area is 120 Å². The fourth-order valence-electron chi connectivity index (χ4n) is 1.30. The van der Waals surface area contributed by atoms with Crippen molar-refractivity contribution in [1.29, 1.82) is 0 Å². The molecule has 0 amide bonds. The van der Waals surface area contributed by atoms with Gasteiger partial charge in [0.05, 0.1) is 0 Å². The molecule has 0 unspecified atom stereocenters. The Morgan fingerprint density at radius 2 is 1.54 bits per heavy atom. The van der Waals surface area contributed by atoms with Crippen LogP contribution in [-0.4, -0.2) is 73.5 Å². The van der Waals surface area contributed by atoms with Crippen LogP contribution in [0.3, 0.4) is 0 Å². The average molecular weight is 214 g/mol. The van der Waals surface area contributed by atoms with Crippen molar-refractivity contribution in [1.82, 2.24) is 0 Å². The van der Waals surface area contributed by atoms with Crippen LogP contribution in [0.15, 0.2) is 0 Å². The summed E-state index contributed by atoms with van der Waals surface area (Å²) >= 11 is 0. The number of hydrogen-bond acceptors (Lipinski definition) is 2. The first-order chi connectivity index (χ1) is 5.39. The Morgan fingerprint density at radius 3 is 1.54 bits per heavy atom.